The third-order valence-electron chi connectivity index (χ3n) is 4.40. The molecule has 27 heavy (non-hydrogen) atoms. The summed E-state index contributed by atoms with van der Waals surface area (Å²) in [4.78, 5) is 6.18. The number of aliphatic imine (C=N–C) groups is 1. The first-order chi connectivity index (χ1) is 13.0. The van der Waals surface area contributed by atoms with E-state index in [0.717, 1.165) is 30.1 Å². The standard InChI is InChI=1S/C20H30FN5O/c1-6-26(7-2)19-9-8-15(10-17(19)21)12-23-20(22-5)24-13-16-11-18(14(3)4)25-27-16/h8-11,14H,6-7,12-13H2,1-5H3,(H2,22,23,24). The molecule has 2 rings (SSSR count). The Hall–Kier alpha value is -2.57. The van der Waals surface area contributed by atoms with Crippen molar-refractivity contribution in [1.82, 2.24) is 15.8 Å². The summed E-state index contributed by atoms with van der Waals surface area (Å²) in [5.41, 5.74) is 2.42. The fourth-order valence-corrected chi connectivity index (χ4v) is 2.74. The normalized spacial score (nSPS) is 11.7. The molecule has 148 valence electrons. The Morgan fingerprint density at radius 3 is 2.44 bits per heavy atom. The first kappa shape index (κ1) is 20.7. The van der Waals surface area contributed by atoms with E-state index in [2.05, 4.69) is 34.6 Å². The number of nitrogens with zero attached hydrogens (tertiary/aromatic N) is 3. The van der Waals surface area contributed by atoms with E-state index in [-0.39, 0.29) is 5.82 Å². The fraction of sp³-hybridized carbons (Fsp3) is 0.500. The van der Waals surface area contributed by atoms with Gasteiger partial charge in [-0.05, 0) is 37.5 Å². The summed E-state index contributed by atoms with van der Waals surface area (Å²) in [5, 5.41) is 10.4. The van der Waals surface area contributed by atoms with Gasteiger partial charge in [0.1, 0.15) is 5.82 Å². The average Bonchev–Trinajstić information content (AvgIpc) is 3.13. The van der Waals surface area contributed by atoms with Gasteiger partial charge in [0.15, 0.2) is 11.7 Å². The Morgan fingerprint density at radius 2 is 1.89 bits per heavy atom. The van der Waals surface area contributed by atoms with Crippen LogP contribution >= 0.6 is 0 Å². The molecule has 0 aliphatic rings. The zero-order valence-electron chi connectivity index (χ0n) is 16.8. The Morgan fingerprint density at radius 1 is 1.19 bits per heavy atom. The lowest BCUT2D eigenvalue weighted by atomic mass is 10.1. The second-order valence-corrected chi connectivity index (χ2v) is 6.61. The van der Waals surface area contributed by atoms with Crippen molar-refractivity contribution in [3.63, 3.8) is 0 Å². The smallest absolute Gasteiger partial charge is 0.191 e. The minimum Gasteiger partial charge on any atom is -0.370 e. The molecule has 1 aromatic carbocycles. The molecule has 0 aliphatic carbocycles. The van der Waals surface area contributed by atoms with Gasteiger partial charge in [-0.25, -0.2) is 4.39 Å². The first-order valence-electron chi connectivity index (χ1n) is 9.41. The third-order valence-corrected chi connectivity index (χ3v) is 4.40. The van der Waals surface area contributed by atoms with Gasteiger partial charge in [0, 0.05) is 32.7 Å². The zero-order chi connectivity index (χ0) is 19.8. The second-order valence-electron chi connectivity index (χ2n) is 6.61. The summed E-state index contributed by atoms with van der Waals surface area (Å²) < 4.78 is 19.7. The molecule has 0 amide bonds. The molecule has 0 unspecified atom stereocenters. The number of rotatable bonds is 8. The largest absolute Gasteiger partial charge is 0.370 e. The van der Waals surface area contributed by atoms with Gasteiger partial charge in [0.25, 0.3) is 0 Å². The van der Waals surface area contributed by atoms with Gasteiger partial charge in [-0.3, -0.25) is 4.99 Å². The Kier molecular flexibility index (Phi) is 7.64. The van der Waals surface area contributed by atoms with Crippen LogP contribution in [0.2, 0.25) is 0 Å². The van der Waals surface area contributed by atoms with Gasteiger partial charge in [0.05, 0.1) is 17.9 Å². The van der Waals surface area contributed by atoms with Crippen LogP contribution < -0.4 is 15.5 Å². The van der Waals surface area contributed by atoms with E-state index in [9.17, 15) is 4.39 Å². The highest BCUT2D eigenvalue weighted by Gasteiger charge is 2.10. The quantitative estimate of drug-likeness (QED) is 0.545. The van der Waals surface area contributed by atoms with Gasteiger partial charge in [-0.2, -0.15) is 0 Å². The van der Waals surface area contributed by atoms with Crippen molar-refractivity contribution in [3.8, 4) is 0 Å². The summed E-state index contributed by atoms with van der Waals surface area (Å²) in [6.07, 6.45) is 0. The van der Waals surface area contributed by atoms with Crippen LogP contribution in [-0.4, -0.2) is 31.3 Å². The lowest BCUT2D eigenvalue weighted by Crippen LogP contribution is -2.36. The molecule has 2 aromatic rings. The number of hydrogen-bond donors (Lipinski definition) is 2. The number of hydrogen-bond acceptors (Lipinski definition) is 4. The van der Waals surface area contributed by atoms with E-state index in [1.165, 1.54) is 0 Å². The summed E-state index contributed by atoms with van der Waals surface area (Å²) in [5.74, 6) is 1.49. The second kappa shape index (κ2) is 9.94. The van der Waals surface area contributed by atoms with E-state index in [4.69, 9.17) is 4.52 Å². The van der Waals surface area contributed by atoms with Crippen LogP contribution in [0.5, 0.6) is 0 Å². The number of aromatic nitrogens is 1. The van der Waals surface area contributed by atoms with Crippen molar-refractivity contribution in [2.45, 2.75) is 46.7 Å². The molecule has 0 saturated carbocycles. The first-order valence-corrected chi connectivity index (χ1v) is 9.41. The summed E-state index contributed by atoms with van der Waals surface area (Å²) >= 11 is 0. The van der Waals surface area contributed by atoms with E-state index in [0.29, 0.717) is 30.7 Å². The van der Waals surface area contributed by atoms with Crippen LogP contribution in [-0.2, 0) is 13.1 Å². The molecule has 0 spiro atoms. The molecular formula is C20H30FN5O. The van der Waals surface area contributed by atoms with E-state index in [1.807, 2.05) is 36.9 Å². The topological polar surface area (TPSA) is 65.7 Å². The van der Waals surface area contributed by atoms with Crippen molar-refractivity contribution in [3.05, 3.63) is 47.1 Å². The highest BCUT2D eigenvalue weighted by atomic mass is 19.1. The Balaban J connectivity index is 1.90. The SMILES string of the molecule is CCN(CC)c1ccc(CNC(=NC)NCc2cc(C(C)C)no2)cc1F. The predicted molar refractivity (Wildman–Crippen MR) is 108 cm³/mol. The van der Waals surface area contributed by atoms with E-state index in [1.54, 1.807) is 13.1 Å². The van der Waals surface area contributed by atoms with Crippen molar-refractivity contribution in [1.29, 1.82) is 0 Å². The number of anilines is 1. The molecule has 0 fully saturated rings. The van der Waals surface area contributed by atoms with Gasteiger partial charge in [-0.15, -0.1) is 0 Å². The van der Waals surface area contributed by atoms with Gasteiger partial charge in [-0.1, -0.05) is 25.1 Å². The Labute approximate surface area is 160 Å². The molecule has 0 saturated heterocycles. The van der Waals surface area contributed by atoms with Crippen molar-refractivity contribution < 1.29 is 8.91 Å². The summed E-state index contributed by atoms with van der Waals surface area (Å²) in [6, 6.07) is 7.27. The maximum absolute atomic E-state index is 14.4. The van der Waals surface area contributed by atoms with Crippen LogP contribution in [0.15, 0.2) is 33.8 Å². The van der Waals surface area contributed by atoms with Gasteiger partial charge in [0.2, 0.25) is 0 Å². The molecule has 6 nitrogen and oxygen atoms in total. The zero-order valence-corrected chi connectivity index (χ0v) is 16.8. The number of nitrogens with one attached hydrogen (secondary N) is 2. The number of benzene rings is 1. The van der Waals surface area contributed by atoms with Crippen molar-refractivity contribution in [2.75, 3.05) is 25.0 Å². The maximum Gasteiger partial charge on any atom is 0.191 e. The molecule has 0 radical (unpaired) electrons. The number of halogens is 1. The third kappa shape index (κ3) is 5.70. The molecular weight excluding hydrogens is 345 g/mol. The highest BCUT2D eigenvalue weighted by molar-refractivity contribution is 5.79. The minimum absolute atomic E-state index is 0.205. The molecule has 2 N–H and O–H groups in total. The number of guanidine groups is 1. The summed E-state index contributed by atoms with van der Waals surface area (Å²) in [7, 11) is 1.69. The lowest BCUT2D eigenvalue weighted by Gasteiger charge is -2.22. The van der Waals surface area contributed by atoms with Gasteiger partial charge < -0.3 is 20.1 Å². The molecule has 0 aliphatic heterocycles. The van der Waals surface area contributed by atoms with Crippen LogP contribution in [0, 0.1) is 5.82 Å². The van der Waals surface area contributed by atoms with Crippen LogP contribution in [0.25, 0.3) is 0 Å². The van der Waals surface area contributed by atoms with E-state index < -0.39 is 0 Å². The van der Waals surface area contributed by atoms with E-state index >= 15 is 0 Å². The average molecular weight is 375 g/mol. The van der Waals surface area contributed by atoms with Crippen LogP contribution in [0.4, 0.5) is 10.1 Å². The predicted octanol–water partition coefficient (Wildman–Crippen LogP) is 3.65. The Bertz CT molecular complexity index is 753. The monoisotopic (exact) mass is 375 g/mol. The molecule has 7 heteroatoms. The summed E-state index contributed by atoms with van der Waals surface area (Å²) in [6.45, 7) is 10.7. The highest BCUT2D eigenvalue weighted by Crippen LogP contribution is 2.20. The molecule has 1 heterocycles. The maximum atomic E-state index is 14.4. The van der Waals surface area contributed by atoms with Gasteiger partial charge >= 0.3 is 0 Å². The molecule has 0 bridgehead atoms. The fourth-order valence-electron chi connectivity index (χ4n) is 2.74. The van der Waals surface area contributed by atoms with Crippen molar-refractivity contribution >= 4 is 11.6 Å². The van der Waals surface area contributed by atoms with Crippen LogP contribution in [0.3, 0.4) is 0 Å². The minimum atomic E-state index is -0.205. The molecule has 0 atom stereocenters. The van der Waals surface area contributed by atoms with Crippen LogP contribution in [0.1, 0.15) is 50.6 Å². The van der Waals surface area contributed by atoms with Crippen molar-refractivity contribution in [2.24, 2.45) is 4.99 Å². The molecule has 1 aromatic heterocycles. The lowest BCUT2D eigenvalue weighted by molar-refractivity contribution is 0.372.